The zero-order valence-corrected chi connectivity index (χ0v) is 11.7. The predicted molar refractivity (Wildman–Crippen MR) is 73.3 cm³/mol. The quantitative estimate of drug-likeness (QED) is 0.864. The Morgan fingerprint density at radius 3 is 2.72 bits per heavy atom. The van der Waals surface area contributed by atoms with Crippen LogP contribution in [0.4, 0.5) is 0 Å². The molecule has 0 aliphatic heterocycles. The first-order valence-electron chi connectivity index (χ1n) is 6.22. The molecule has 0 spiro atoms. The van der Waals surface area contributed by atoms with Gasteiger partial charge in [-0.25, -0.2) is 0 Å². The summed E-state index contributed by atoms with van der Waals surface area (Å²) in [6.45, 7) is 5.85. The van der Waals surface area contributed by atoms with E-state index in [2.05, 4.69) is 10.3 Å². The molecule has 0 saturated heterocycles. The van der Waals surface area contributed by atoms with Crippen LogP contribution in [-0.2, 0) is 6.42 Å². The van der Waals surface area contributed by atoms with E-state index in [-0.39, 0.29) is 23.1 Å². The summed E-state index contributed by atoms with van der Waals surface area (Å²) >= 11 is 6.04. The van der Waals surface area contributed by atoms with Crippen LogP contribution in [-0.4, -0.2) is 16.9 Å². The number of amides is 1. The van der Waals surface area contributed by atoms with E-state index in [9.17, 15) is 9.59 Å². The number of hydrogen-bond donors (Lipinski definition) is 2. The van der Waals surface area contributed by atoms with E-state index in [1.807, 2.05) is 20.8 Å². The largest absolute Gasteiger partial charge is 0.349 e. The maximum atomic E-state index is 11.9. The van der Waals surface area contributed by atoms with Crippen LogP contribution < -0.4 is 10.9 Å². The van der Waals surface area contributed by atoms with Gasteiger partial charge in [-0.2, -0.15) is 0 Å². The predicted octanol–water partition coefficient (Wildman–Crippen LogP) is 2.51. The second-order valence-electron chi connectivity index (χ2n) is 4.37. The van der Waals surface area contributed by atoms with Crippen LogP contribution in [0.1, 0.15) is 49.7 Å². The third-order valence-electron chi connectivity index (χ3n) is 2.80. The van der Waals surface area contributed by atoms with Crippen LogP contribution in [0.15, 0.2) is 10.9 Å². The Bertz CT molecular complexity index is 482. The number of hydrogen-bond acceptors (Lipinski definition) is 2. The molecule has 4 nitrogen and oxygen atoms in total. The Hall–Kier alpha value is -1.29. The van der Waals surface area contributed by atoms with Gasteiger partial charge in [0.2, 0.25) is 0 Å². The average molecular weight is 271 g/mol. The number of rotatable bonds is 5. The van der Waals surface area contributed by atoms with Gasteiger partial charge in [0, 0.05) is 11.7 Å². The molecule has 1 atom stereocenters. The van der Waals surface area contributed by atoms with Crippen molar-refractivity contribution in [2.24, 2.45) is 0 Å². The summed E-state index contributed by atoms with van der Waals surface area (Å²) in [5.74, 6) is -0.379. The van der Waals surface area contributed by atoms with Gasteiger partial charge in [-0.1, -0.05) is 31.9 Å². The molecule has 1 aromatic rings. The molecule has 2 N–H and O–H groups in total. The number of carbonyl (C=O) groups is 1. The highest BCUT2D eigenvalue weighted by molar-refractivity contribution is 6.31. The molecule has 0 saturated carbocycles. The maximum absolute atomic E-state index is 11.9. The van der Waals surface area contributed by atoms with Gasteiger partial charge in [-0.3, -0.25) is 9.59 Å². The van der Waals surface area contributed by atoms with Crippen molar-refractivity contribution in [3.8, 4) is 0 Å². The highest BCUT2D eigenvalue weighted by Gasteiger charge is 2.15. The van der Waals surface area contributed by atoms with Crippen molar-refractivity contribution in [1.29, 1.82) is 0 Å². The molecule has 0 radical (unpaired) electrons. The van der Waals surface area contributed by atoms with Crippen LogP contribution in [0.2, 0.25) is 5.02 Å². The molecule has 0 bridgehead atoms. The lowest BCUT2D eigenvalue weighted by atomic mass is 10.1. The Labute approximate surface area is 112 Å². The van der Waals surface area contributed by atoms with Crippen LogP contribution in [0.5, 0.6) is 0 Å². The van der Waals surface area contributed by atoms with E-state index in [0.717, 1.165) is 12.8 Å². The molecule has 0 aliphatic carbocycles. The Kier molecular flexibility index (Phi) is 5.41. The van der Waals surface area contributed by atoms with E-state index >= 15 is 0 Å². The number of aromatic nitrogens is 1. The smallest absolute Gasteiger partial charge is 0.261 e. The molecule has 0 unspecified atom stereocenters. The van der Waals surface area contributed by atoms with Crippen LogP contribution in [0, 0.1) is 0 Å². The summed E-state index contributed by atoms with van der Waals surface area (Å²) in [4.78, 5) is 26.3. The molecule has 100 valence electrons. The standard InChI is InChI=1S/C13H19ClN2O2/c1-4-6-11-10(14)7-9(13(18)16-11)12(17)15-8(3)5-2/h7-8H,4-6H2,1-3H3,(H,15,17)(H,16,18)/t8-/m0/s1. The summed E-state index contributed by atoms with van der Waals surface area (Å²) < 4.78 is 0. The van der Waals surface area contributed by atoms with Gasteiger partial charge in [0.1, 0.15) is 5.56 Å². The van der Waals surface area contributed by atoms with E-state index in [1.165, 1.54) is 6.07 Å². The number of carbonyl (C=O) groups excluding carboxylic acids is 1. The van der Waals surface area contributed by atoms with Crippen molar-refractivity contribution in [2.45, 2.75) is 46.1 Å². The highest BCUT2D eigenvalue weighted by atomic mass is 35.5. The van der Waals surface area contributed by atoms with Crippen molar-refractivity contribution in [3.05, 3.63) is 32.7 Å². The third kappa shape index (κ3) is 3.60. The molecule has 0 fully saturated rings. The van der Waals surface area contributed by atoms with Crippen molar-refractivity contribution >= 4 is 17.5 Å². The number of halogens is 1. The van der Waals surface area contributed by atoms with Crippen molar-refractivity contribution in [3.63, 3.8) is 0 Å². The summed E-state index contributed by atoms with van der Waals surface area (Å²) in [5, 5.41) is 3.18. The molecule has 0 aliphatic rings. The minimum absolute atomic E-state index is 0.0333. The van der Waals surface area contributed by atoms with Crippen molar-refractivity contribution in [2.75, 3.05) is 0 Å². The molecule has 1 heterocycles. The lowest BCUT2D eigenvalue weighted by Gasteiger charge is -2.11. The van der Waals surface area contributed by atoms with Gasteiger partial charge in [-0.15, -0.1) is 0 Å². The Morgan fingerprint density at radius 1 is 1.50 bits per heavy atom. The fraction of sp³-hybridized carbons (Fsp3) is 0.538. The molecule has 1 amide bonds. The van der Waals surface area contributed by atoms with Crippen LogP contribution in [0.3, 0.4) is 0 Å². The third-order valence-corrected chi connectivity index (χ3v) is 3.14. The van der Waals surface area contributed by atoms with Crippen LogP contribution >= 0.6 is 11.6 Å². The van der Waals surface area contributed by atoms with Gasteiger partial charge in [0.15, 0.2) is 0 Å². The molecular weight excluding hydrogens is 252 g/mol. The zero-order valence-electron chi connectivity index (χ0n) is 11.0. The number of H-pyrrole nitrogens is 1. The maximum Gasteiger partial charge on any atom is 0.261 e. The van der Waals surface area contributed by atoms with Crippen molar-refractivity contribution in [1.82, 2.24) is 10.3 Å². The van der Waals surface area contributed by atoms with E-state index < -0.39 is 0 Å². The first-order chi connectivity index (χ1) is 8.49. The SMILES string of the molecule is CCCc1[nH]c(=O)c(C(=O)N[C@@H](C)CC)cc1Cl. The van der Waals surface area contributed by atoms with E-state index in [1.54, 1.807) is 0 Å². The lowest BCUT2D eigenvalue weighted by molar-refractivity contribution is 0.0937. The van der Waals surface area contributed by atoms with E-state index in [4.69, 9.17) is 11.6 Å². The van der Waals surface area contributed by atoms with Gasteiger partial charge in [0.25, 0.3) is 11.5 Å². The molecule has 0 aromatic carbocycles. The number of aromatic amines is 1. The first-order valence-corrected chi connectivity index (χ1v) is 6.59. The Balaban J connectivity index is 3.00. The van der Waals surface area contributed by atoms with Crippen molar-refractivity contribution < 1.29 is 4.79 Å². The summed E-state index contributed by atoms with van der Waals surface area (Å²) in [6, 6.07) is 1.48. The summed E-state index contributed by atoms with van der Waals surface area (Å²) in [7, 11) is 0. The fourth-order valence-corrected chi connectivity index (χ4v) is 1.80. The van der Waals surface area contributed by atoms with Gasteiger partial charge in [0.05, 0.1) is 5.02 Å². The Morgan fingerprint density at radius 2 is 2.17 bits per heavy atom. The molecule has 1 aromatic heterocycles. The van der Waals surface area contributed by atoms with Gasteiger partial charge < -0.3 is 10.3 Å². The number of nitrogens with one attached hydrogen (secondary N) is 2. The second kappa shape index (κ2) is 6.59. The minimum Gasteiger partial charge on any atom is -0.349 e. The number of aryl methyl sites for hydroxylation is 1. The topological polar surface area (TPSA) is 62.0 Å². The fourth-order valence-electron chi connectivity index (χ4n) is 1.55. The first kappa shape index (κ1) is 14.8. The molecule has 18 heavy (non-hydrogen) atoms. The normalized spacial score (nSPS) is 12.2. The number of pyridine rings is 1. The summed E-state index contributed by atoms with van der Waals surface area (Å²) in [6.07, 6.45) is 2.39. The lowest BCUT2D eigenvalue weighted by Crippen LogP contribution is -2.35. The van der Waals surface area contributed by atoms with E-state index in [0.29, 0.717) is 17.1 Å². The summed E-state index contributed by atoms with van der Waals surface area (Å²) in [5.41, 5.74) is 0.369. The zero-order chi connectivity index (χ0) is 13.7. The molecule has 1 rings (SSSR count). The van der Waals surface area contributed by atoms with Gasteiger partial charge >= 0.3 is 0 Å². The average Bonchev–Trinajstić information content (AvgIpc) is 2.33. The van der Waals surface area contributed by atoms with Crippen LogP contribution in [0.25, 0.3) is 0 Å². The molecule has 5 heteroatoms. The van der Waals surface area contributed by atoms with Gasteiger partial charge in [-0.05, 0) is 25.8 Å². The molecular formula is C13H19ClN2O2. The second-order valence-corrected chi connectivity index (χ2v) is 4.78. The highest BCUT2D eigenvalue weighted by Crippen LogP contribution is 2.14. The monoisotopic (exact) mass is 270 g/mol. The minimum atomic E-state index is -0.386.